The molecular weight excluding hydrogens is 268 g/mol. The molecule has 3 heteroatoms. The number of hydrogen-bond acceptors (Lipinski definition) is 1. The summed E-state index contributed by atoms with van der Waals surface area (Å²) < 4.78 is 2.50. The van der Waals surface area contributed by atoms with Crippen molar-refractivity contribution in [2.24, 2.45) is 0 Å². The van der Waals surface area contributed by atoms with Crippen LogP contribution in [-0.4, -0.2) is 15.4 Å². The first-order valence-corrected chi connectivity index (χ1v) is 8.36. The molecule has 0 bridgehead atoms. The Morgan fingerprint density at radius 2 is 1.95 bits per heavy atom. The van der Waals surface area contributed by atoms with Crippen molar-refractivity contribution >= 4 is 22.6 Å². The van der Waals surface area contributed by atoms with E-state index in [2.05, 4.69) is 29.7 Å². The zero-order valence-corrected chi connectivity index (χ0v) is 13.0. The fourth-order valence-corrected chi connectivity index (χ4v) is 3.61. The van der Waals surface area contributed by atoms with Gasteiger partial charge in [0, 0.05) is 18.3 Å². The number of nitrogens with zero attached hydrogens (tertiary/aromatic N) is 2. The summed E-state index contributed by atoms with van der Waals surface area (Å²) in [7, 11) is 0. The number of aromatic nitrogens is 2. The first-order valence-electron chi connectivity index (χ1n) is 7.83. The molecule has 1 aromatic heterocycles. The smallest absolute Gasteiger partial charge is 0.111 e. The van der Waals surface area contributed by atoms with Crippen LogP contribution in [0.3, 0.4) is 0 Å². The van der Waals surface area contributed by atoms with Crippen LogP contribution in [0.25, 0.3) is 11.0 Å². The molecule has 2 aromatic rings. The molecule has 108 valence electrons. The Bertz CT molecular complexity index is 580. The van der Waals surface area contributed by atoms with E-state index in [1.54, 1.807) is 0 Å². The number of imidazole rings is 1. The van der Waals surface area contributed by atoms with Gasteiger partial charge in [-0.2, -0.15) is 0 Å². The fourth-order valence-electron chi connectivity index (χ4n) is 3.44. The van der Waals surface area contributed by atoms with Crippen LogP contribution in [0.5, 0.6) is 0 Å². The van der Waals surface area contributed by atoms with Crippen molar-refractivity contribution in [3.05, 3.63) is 29.6 Å². The molecule has 0 amide bonds. The first kappa shape index (κ1) is 13.9. The lowest BCUT2D eigenvalue weighted by molar-refractivity contribution is 0.441. The summed E-state index contributed by atoms with van der Waals surface area (Å²) in [5, 5.41) is 0. The third-order valence-electron chi connectivity index (χ3n) is 4.43. The molecule has 1 aromatic carbocycles. The molecule has 0 unspecified atom stereocenters. The van der Waals surface area contributed by atoms with E-state index in [1.165, 1.54) is 55.4 Å². The molecule has 0 atom stereocenters. The summed E-state index contributed by atoms with van der Waals surface area (Å²) in [4.78, 5) is 4.83. The highest BCUT2D eigenvalue weighted by Crippen LogP contribution is 2.32. The highest BCUT2D eigenvalue weighted by atomic mass is 35.5. The van der Waals surface area contributed by atoms with Crippen LogP contribution in [0.15, 0.2) is 18.2 Å². The van der Waals surface area contributed by atoms with E-state index in [1.807, 2.05) is 0 Å². The summed E-state index contributed by atoms with van der Waals surface area (Å²) in [6, 6.07) is 7.19. The molecule has 0 N–H and O–H groups in total. The molecule has 1 aliphatic carbocycles. The lowest BCUT2D eigenvalue weighted by Gasteiger charge is -2.20. The van der Waals surface area contributed by atoms with Crippen LogP contribution in [0, 0.1) is 6.92 Å². The van der Waals surface area contributed by atoms with Gasteiger partial charge in [0.2, 0.25) is 0 Å². The molecule has 1 heterocycles. The van der Waals surface area contributed by atoms with Gasteiger partial charge in [-0.15, -0.1) is 11.6 Å². The maximum Gasteiger partial charge on any atom is 0.111 e. The predicted molar refractivity (Wildman–Crippen MR) is 85.6 cm³/mol. The third-order valence-corrected chi connectivity index (χ3v) is 4.61. The van der Waals surface area contributed by atoms with Crippen LogP contribution in [0.4, 0.5) is 0 Å². The molecule has 0 aliphatic heterocycles. The lowest BCUT2D eigenvalue weighted by atomic mass is 10.1. The molecule has 0 radical (unpaired) electrons. The van der Waals surface area contributed by atoms with Gasteiger partial charge < -0.3 is 4.57 Å². The van der Waals surface area contributed by atoms with Gasteiger partial charge in [-0.05, 0) is 37.5 Å². The summed E-state index contributed by atoms with van der Waals surface area (Å²) in [5.74, 6) is 1.82. The van der Waals surface area contributed by atoms with Gasteiger partial charge in [0.05, 0.1) is 11.0 Å². The van der Waals surface area contributed by atoms with Crippen LogP contribution >= 0.6 is 11.6 Å². The Kier molecular flexibility index (Phi) is 4.30. The third kappa shape index (κ3) is 2.71. The average Bonchev–Trinajstić information content (AvgIpc) is 2.63. The maximum atomic E-state index is 5.98. The summed E-state index contributed by atoms with van der Waals surface area (Å²) in [6.07, 6.45) is 8.89. The van der Waals surface area contributed by atoms with Crippen molar-refractivity contribution in [3.63, 3.8) is 0 Å². The second kappa shape index (κ2) is 6.17. The maximum absolute atomic E-state index is 5.98. The minimum absolute atomic E-state index is 0.613. The van der Waals surface area contributed by atoms with Crippen molar-refractivity contribution in [1.29, 1.82) is 0 Å². The highest BCUT2D eigenvalue weighted by molar-refractivity contribution is 6.17. The van der Waals surface area contributed by atoms with E-state index < -0.39 is 0 Å². The van der Waals surface area contributed by atoms with Crippen molar-refractivity contribution in [2.45, 2.75) is 57.9 Å². The van der Waals surface area contributed by atoms with Crippen molar-refractivity contribution in [1.82, 2.24) is 9.55 Å². The Morgan fingerprint density at radius 3 is 2.65 bits per heavy atom. The molecule has 0 saturated heterocycles. The van der Waals surface area contributed by atoms with E-state index in [9.17, 15) is 0 Å². The Morgan fingerprint density at radius 1 is 1.20 bits per heavy atom. The predicted octanol–water partition coefficient (Wildman–Crippen LogP) is 5.02. The molecule has 20 heavy (non-hydrogen) atoms. The SMILES string of the molecule is Cc1ccc2nc(CCCl)n(C3CCCCCC3)c2c1. The van der Waals surface area contributed by atoms with E-state index >= 15 is 0 Å². The molecule has 0 spiro atoms. The van der Waals surface area contributed by atoms with Crippen LogP contribution in [0.1, 0.15) is 56.0 Å². The number of rotatable bonds is 3. The summed E-state index contributed by atoms with van der Waals surface area (Å²) >= 11 is 5.98. The number of halogens is 1. The van der Waals surface area contributed by atoms with Crippen molar-refractivity contribution < 1.29 is 0 Å². The van der Waals surface area contributed by atoms with E-state index in [-0.39, 0.29) is 0 Å². The van der Waals surface area contributed by atoms with Gasteiger partial charge in [0.1, 0.15) is 5.82 Å². The second-order valence-corrected chi connectivity index (χ2v) is 6.35. The minimum atomic E-state index is 0.613. The Balaban J connectivity index is 2.08. The van der Waals surface area contributed by atoms with Crippen LogP contribution < -0.4 is 0 Å². The number of benzene rings is 1. The quantitative estimate of drug-likeness (QED) is 0.573. The van der Waals surface area contributed by atoms with Gasteiger partial charge in [0.15, 0.2) is 0 Å². The lowest BCUT2D eigenvalue weighted by Crippen LogP contribution is -2.12. The normalized spacial score (nSPS) is 17.5. The zero-order chi connectivity index (χ0) is 13.9. The van der Waals surface area contributed by atoms with Crippen molar-refractivity contribution in [2.75, 3.05) is 5.88 Å². The van der Waals surface area contributed by atoms with Crippen LogP contribution in [-0.2, 0) is 6.42 Å². The molecule has 1 fully saturated rings. The number of hydrogen-bond donors (Lipinski definition) is 0. The number of aryl methyl sites for hydroxylation is 2. The molecule has 3 rings (SSSR count). The highest BCUT2D eigenvalue weighted by Gasteiger charge is 2.20. The Hall–Kier alpha value is -1.02. The molecule has 1 aliphatic rings. The second-order valence-electron chi connectivity index (χ2n) is 5.97. The first-order chi connectivity index (χ1) is 9.79. The van der Waals surface area contributed by atoms with E-state index in [0.717, 1.165) is 11.9 Å². The monoisotopic (exact) mass is 290 g/mol. The molecular formula is C17H23ClN2. The topological polar surface area (TPSA) is 17.8 Å². The van der Waals surface area contributed by atoms with Gasteiger partial charge in [-0.3, -0.25) is 0 Å². The molecule has 2 nitrogen and oxygen atoms in total. The van der Waals surface area contributed by atoms with Gasteiger partial charge in [-0.25, -0.2) is 4.98 Å². The average molecular weight is 291 g/mol. The Labute approximate surface area is 126 Å². The van der Waals surface area contributed by atoms with Gasteiger partial charge in [0.25, 0.3) is 0 Å². The zero-order valence-electron chi connectivity index (χ0n) is 12.2. The minimum Gasteiger partial charge on any atom is -0.325 e. The van der Waals surface area contributed by atoms with Crippen molar-refractivity contribution in [3.8, 4) is 0 Å². The van der Waals surface area contributed by atoms with Crippen LogP contribution in [0.2, 0.25) is 0 Å². The summed E-state index contributed by atoms with van der Waals surface area (Å²) in [6.45, 7) is 2.16. The van der Waals surface area contributed by atoms with E-state index in [0.29, 0.717) is 11.9 Å². The van der Waals surface area contributed by atoms with E-state index in [4.69, 9.17) is 16.6 Å². The summed E-state index contributed by atoms with van der Waals surface area (Å²) in [5.41, 5.74) is 3.74. The largest absolute Gasteiger partial charge is 0.325 e. The van der Waals surface area contributed by atoms with Gasteiger partial charge in [-0.1, -0.05) is 31.7 Å². The molecule has 1 saturated carbocycles. The number of alkyl halides is 1. The van der Waals surface area contributed by atoms with Gasteiger partial charge >= 0.3 is 0 Å². The standard InChI is InChI=1S/C17H23ClN2/c1-13-8-9-15-16(12-13)20(17(19-15)10-11-18)14-6-4-2-3-5-7-14/h8-9,12,14H,2-7,10-11H2,1H3. The number of fused-ring (bicyclic) bond motifs is 1. The fraction of sp³-hybridized carbons (Fsp3) is 0.588.